The van der Waals surface area contributed by atoms with E-state index in [-0.39, 0.29) is 0 Å². The van der Waals surface area contributed by atoms with Crippen LogP contribution in [0.4, 0.5) is 0 Å². The monoisotopic (exact) mass is 215 g/mol. The van der Waals surface area contributed by atoms with Gasteiger partial charge in [-0.1, -0.05) is 19.4 Å². The summed E-state index contributed by atoms with van der Waals surface area (Å²) in [6.07, 6.45) is 5.65. The van der Waals surface area contributed by atoms with Gasteiger partial charge in [-0.25, -0.2) is 4.98 Å². The molecule has 0 aliphatic heterocycles. The second-order valence-corrected chi connectivity index (χ2v) is 4.89. The Hall–Kier alpha value is -1.40. The lowest BCUT2D eigenvalue weighted by molar-refractivity contribution is 0.156. The predicted octanol–water partition coefficient (Wildman–Crippen LogP) is 2.23. The van der Waals surface area contributed by atoms with Crippen molar-refractivity contribution in [1.82, 2.24) is 10.3 Å². The normalized spacial score (nSPS) is 17.5. The molecular weight excluding hydrogens is 198 g/mol. The van der Waals surface area contributed by atoms with Crippen LogP contribution < -0.4 is 5.32 Å². The molecule has 3 nitrogen and oxygen atoms in total. The third-order valence-electron chi connectivity index (χ3n) is 3.43. The van der Waals surface area contributed by atoms with Gasteiger partial charge in [-0.3, -0.25) is 0 Å². The first kappa shape index (κ1) is 11.1. The molecule has 0 bridgehead atoms. The van der Waals surface area contributed by atoms with E-state index in [0.29, 0.717) is 11.1 Å². The van der Waals surface area contributed by atoms with Gasteiger partial charge >= 0.3 is 0 Å². The van der Waals surface area contributed by atoms with Crippen molar-refractivity contribution in [1.29, 1.82) is 5.26 Å². The van der Waals surface area contributed by atoms with Crippen LogP contribution in [0, 0.1) is 16.7 Å². The van der Waals surface area contributed by atoms with Gasteiger partial charge in [-0.05, 0) is 24.3 Å². The van der Waals surface area contributed by atoms with Gasteiger partial charge in [0.1, 0.15) is 11.8 Å². The standard InChI is InChI=1S/C13H17N3/c1-13(5-3-6-13)10-15-9-11-4-2-7-16-12(11)8-14/h2,4,7,15H,3,5-6,9-10H2,1H3. The molecule has 0 aromatic carbocycles. The molecule has 0 amide bonds. The molecule has 1 aliphatic rings. The van der Waals surface area contributed by atoms with Gasteiger partial charge in [0.15, 0.2) is 0 Å². The quantitative estimate of drug-likeness (QED) is 0.838. The number of aromatic nitrogens is 1. The van der Waals surface area contributed by atoms with E-state index in [2.05, 4.69) is 23.3 Å². The van der Waals surface area contributed by atoms with Gasteiger partial charge in [-0.2, -0.15) is 5.26 Å². The second kappa shape index (κ2) is 4.63. The summed E-state index contributed by atoms with van der Waals surface area (Å²) in [6.45, 7) is 4.09. The third-order valence-corrected chi connectivity index (χ3v) is 3.43. The highest BCUT2D eigenvalue weighted by atomic mass is 14.9. The van der Waals surface area contributed by atoms with E-state index in [1.54, 1.807) is 6.20 Å². The molecule has 1 N–H and O–H groups in total. The van der Waals surface area contributed by atoms with E-state index in [1.807, 2.05) is 12.1 Å². The maximum absolute atomic E-state index is 8.89. The number of nitrogens with zero attached hydrogens (tertiary/aromatic N) is 2. The highest BCUT2D eigenvalue weighted by molar-refractivity contribution is 5.30. The summed E-state index contributed by atoms with van der Waals surface area (Å²) in [5.41, 5.74) is 2.01. The number of nitrogens with one attached hydrogen (secondary N) is 1. The van der Waals surface area contributed by atoms with Gasteiger partial charge in [-0.15, -0.1) is 0 Å². The van der Waals surface area contributed by atoms with Crippen LogP contribution in [-0.4, -0.2) is 11.5 Å². The molecule has 1 aromatic rings. The molecule has 16 heavy (non-hydrogen) atoms. The summed E-state index contributed by atoms with van der Waals surface area (Å²) in [5, 5.41) is 12.3. The average molecular weight is 215 g/mol. The Kier molecular flexibility index (Phi) is 3.21. The van der Waals surface area contributed by atoms with Gasteiger partial charge in [0.05, 0.1) is 0 Å². The van der Waals surface area contributed by atoms with Crippen LogP contribution in [-0.2, 0) is 6.54 Å². The molecule has 0 spiro atoms. The number of pyridine rings is 1. The summed E-state index contributed by atoms with van der Waals surface area (Å²) < 4.78 is 0. The minimum absolute atomic E-state index is 0.481. The average Bonchev–Trinajstić information content (AvgIpc) is 2.27. The Labute approximate surface area is 96.5 Å². The summed E-state index contributed by atoms with van der Waals surface area (Å²) in [4.78, 5) is 4.05. The fourth-order valence-corrected chi connectivity index (χ4v) is 2.14. The lowest BCUT2D eigenvalue weighted by Gasteiger charge is -2.38. The minimum Gasteiger partial charge on any atom is -0.312 e. The van der Waals surface area contributed by atoms with Crippen LogP contribution >= 0.6 is 0 Å². The van der Waals surface area contributed by atoms with Crippen LogP contribution in [0.15, 0.2) is 18.3 Å². The van der Waals surface area contributed by atoms with Crippen LogP contribution in [0.2, 0.25) is 0 Å². The molecule has 0 saturated heterocycles. The van der Waals surface area contributed by atoms with E-state index in [4.69, 9.17) is 5.26 Å². The molecule has 1 aromatic heterocycles. The van der Waals surface area contributed by atoms with Gasteiger partial charge in [0.2, 0.25) is 0 Å². The van der Waals surface area contributed by atoms with Gasteiger partial charge < -0.3 is 5.32 Å². The zero-order valence-electron chi connectivity index (χ0n) is 9.66. The molecule has 1 heterocycles. The van der Waals surface area contributed by atoms with Gasteiger partial charge in [0.25, 0.3) is 0 Å². The van der Waals surface area contributed by atoms with Crippen LogP contribution in [0.25, 0.3) is 0 Å². The molecule has 3 heteroatoms. The Morgan fingerprint density at radius 2 is 2.38 bits per heavy atom. The second-order valence-electron chi connectivity index (χ2n) is 4.89. The predicted molar refractivity (Wildman–Crippen MR) is 62.6 cm³/mol. The topological polar surface area (TPSA) is 48.7 Å². The van der Waals surface area contributed by atoms with Crippen molar-refractivity contribution < 1.29 is 0 Å². The molecule has 0 atom stereocenters. The summed E-state index contributed by atoms with van der Waals surface area (Å²) >= 11 is 0. The van der Waals surface area contributed by atoms with Crippen molar-refractivity contribution >= 4 is 0 Å². The Bertz CT molecular complexity index is 402. The highest BCUT2D eigenvalue weighted by Gasteiger charge is 2.30. The fourth-order valence-electron chi connectivity index (χ4n) is 2.14. The van der Waals surface area contributed by atoms with Crippen LogP contribution in [0.1, 0.15) is 37.4 Å². The Morgan fingerprint density at radius 3 is 3.00 bits per heavy atom. The fraction of sp³-hybridized carbons (Fsp3) is 0.538. The molecule has 84 valence electrons. The smallest absolute Gasteiger partial charge is 0.144 e. The van der Waals surface area contributed by atoms with Crippen molar-refractivity contribution in [2.24, 2.45) is 5.41 Å². The van der Waals surface area contributed by atoms with E-state index in [0.717, 1.165) is 18.7 Å². The van der Waals surface area contributed by atoms with Gasteiger partial charge in [0, 0.05) is 24.8 Å². The summed E-state index contributed by atoms with van der Waals surface area (Å²) in [6, 6.07) is 5.96. The minimum atomic E-state index is 0.481. The lowest BCUT2D eigenvalue weighted by Crippen LogP contribution is -2.37. The molecule has 1 fully saturated rings. The first-order chi connectivity index (χ1) is 7.73. The van der Waals surface area contributed by atoms with E-state index in [9.17, 15) is 0 Å². The maximum atomic E-state index is 8.89. The number of hydrogen-bond acceptors (Lipinski definition) is 3. The molecule has 1 saturated carbocycles. The summed E-state index contributed by atoms with van der Waals surface area (Å²) in [7, 11) is 0. The lowest BCUT2D eigenvalue weighted by atomic mass is 9.70. The number of rotatable bonds is 4. The van der Waals surface area contributed by atoms with Crippen LogP contribution in [0.5, 0.6) is 0 Å². The molecular formula is C13H17N3. The van der Waals surface area contributed by atoms with Crippen molar-refractivity contribution in [3.63, 3.8) is 0 Å². The first-order valence-corrected chi connectivity index (χ1v) is 5.78. The largest absolute Gasteiger partial charge is 0.312 e. The summed E-state index contributed by atoms with van der Waals surface area (Å²) in [5.74, 6) is 0. The van der Waals surface area contributed by atoms with Crippen molar-refractivity contribution in [2.45, 2.75) is 32.7 Å². The van der Waals surface area contributed by atoms with E-state index in [1.165, 1.54) is 19.3 Å². The van der Waals surface area contributed by atoms with E-state index < -0.39 is 0 Å². The Balaban J connectivity index is 1.87. The molecule has 2 rings (SSSR count). The first-order valence-electron chi connectivity index (χ1n) is 5.78. The third kappa shape index (κ3) is 2.40. The molecule has 0 radical (unpaired) electrons. The van der Waals surface area contributed by atoms with Crippen LogP contribution in [0.3, 0.4) is 0 Å². The highest BCUT2D eigenvalue weighted by Crippen LogP contribution is 2.39. The zero-order chi connectivity index (χ0) is 11.4. The number of hydrogen-bond donors (Lipinski definition) is 1. The number of nitriles is 1. The SMILES string of the molecule is CC1(CNCc2cccnc2C#N)CCC1. The molecule has 0 unspecified atom stereocenters. The van der Waals surface area contributed by atoms with Crippen molar-refractivity contribution in [3.05, 3.63) is 29.6 Å². The van der Waals surface area contributed by atoms with E-state index >= 15 is 0 Å². The Morgan fingerprint density at radius 1 is 1.56 bits per heavy atom. The maximum Gasteiger partial charge on any atom is 0.144 e. The molecule has 1 aliphatic carbocycles. The van der Waals surface area contributed by atoms with Crippen molar-refractivity contribution in [3.8, 4) is 6.07 Å². The van der Waals surface area contributed by atoms with Crippen molar-refractivity contribution in [2.75, 3.05) is 6.54 Å². The zero-order valence-corrected chi connectivity index (χ0v) is 9.66.